The van der Waals surface area contributed by atoms with Gasteiger partial charge in [-0.25, -0.2) is 8.78 Å². The molecule has 0 unspecified atom stereocenters. The number of nitrogens with two attached hydrogens (primary N) is 1. The molecule has 0 bridgehead atoms. The van der Waals surface area contributed by atoms with E-state index in [9.17, 15) is 13.6 Å². The van der Waals surface area contributed by atoms with Crippen LogP contribution in [0.2, 0.25) is 0 Å². The van der Waals surface area contributed by atoms with Gasteiger partial charge in [0, 0.05) is 13.1 Å². The van der Waals surface area contributed by atoms with Crippen LogP contribution in [0.5, 0.6) is 0 Å². The number of nitrogens with one attached hydrogen (secondary N) is 1. The second-order valence-electron chi connectivity index (χ2n) is 8.59. The number of amides is 1. The van der Waals surface area contributed by atoms with E-state index in [0.717, 1.165) is 24.2 Å². The van der Waals surface area contributed by atoms with Crippen molar-refractivity contribution in [2.24, 2.45) is 5.41 Å². The summed E-state index contributed by atoms with van der Waals surface area (Å²) in [6, 6.07) is 11.4. The van der Waals surface area contributed by atoms with Crippen LogP contribution in [-0.2, 0) is 4.79 Å². The van der Waals surface area contributed by atoms with Crippen LogP contribution in [-0.4, -0.2) is 62.7 Å². The van der Waals surface area contributed by atoms with Crippen molar-refractivity contribution < 1.29 is 13.6 Å². The predicted octanol–water partition coefficient (Wildman–Crippen LogP) is 4.02. The quantitative estimate of drug-likeness (QED) is 0.556. The molecule has 2 aliphatic heterocycles. The van der Waals surface area contributed by atoms with Gasteiger partial charge in [0.15, 0.2) is 0 Å². The van der Waals surface area contributed by atoms with Crippen LogP contribution in [0.15, 0.2) is 42.5 Å². The predicted molar refractivity (Wildman–Crippen MR) is 122 cm³/mol. The summed E-state index contributed by atoms with van der Waals surface area (Å²) >= 11 is 0. The topological polar surface area (TPSA) is 61.6 Å². The lowest BCUT2D eigenvalue weighted by Crippen LogP contribution is -2.39. The maximum Gasteiger partial charge on any atom is 0.211 e. The molecule has 0 atom stereocenters. The molecule has 0 saturated carbocycles. The number of benzene rings is 2. The van der Waals surface area contributed by atoms with E-state index in [0.29, 0.717) is 29.7 Å². The Labute approximate surface area is 183 Å². The molecule has 2 aromatic carbocycles. The second kappa shape index (κ2) is 10.7. The van der Waals surface area contributed by atoms with Gasteiger partial charge < -0.3 is 20.9 Å². The zero-order valence-corrected chi connectivity index (χ0v) is 18.1. The van der Waals surface area contributed by atoms with E-state index >= 15 is 0 Å². The SMILES string of the molecule is CN1CCC2(CC1)CCN(CCF)C2.Nc1ccc(-c2ccc(F)cc2)cc1NC=O. The zero-order valence-electron chi connectivity index (χ0n) is 18.1. The first-order valence-electron chi connectivity index (χ1n) is 10.8. The first kappa shape index (κ1) is 23.2. The van der Waals surface area contributed by atoms with E-state index in [1.807, 2.05) is 6.07 Å². The standard InChI is InChI=1S/C13H11FN2O.C11H21FN2/c14-11-4-1-9(2-5-11)10-3-6-12(15)13(7-10)16-8-17;1-13-6-2-11(3-7-13)4-8-14(10-11)9-5-12/h1-8H,15H2,(H,16,17);2-10H2,1H3. The Balaban J connectivity index is 0.000000179. The maximum atomic E-state index is 12.8. The molecule has 31 heavy (non-hydrogen) atoms. The summed E-state index contributed by atoms with van der Waals surface area (Å²) in [7, 11) is 2.20. The molecule has 1 amide bonds. The van der Waals surface area contributed by atoms with E-state index in [1.54, 1.807) is 24.3 Å². The fourth-order valence-corrected chi connectivity index (χ4v) is 4.41. The van der Waals surface area contributed by atoms with Crippen molar-refractivity contribution >= 4 is 17.8 Å². The second-order valence-corrected chi connectivity index (χ2v) is 8.59. The molecule has 2 fully saturated rings. The summed E-state index contributed by atoms with van der Waals surface area (Å²) in [6.45, 7) is 5.18. The van der Waals surface area contributed by atoms with Crippen molar-refractivity contribution in [3.8, 4) is 11.1 Å². The number of hydrogen-bond acceptors (Lipinski definition) is 4. The number of carbonyl (C=O) groups excluding carboxylic acids is 1. The lowest BCUT2D eigenvalue weighted by molar-refractivity contribution is -0.105. The number of alkyl halides is 1. The van der Waals surface area contributed by atoms with E-state index in [4.69, 9.17) is 5.73 Å². The molecule has 7 heteroatoms. The third-order valence-corrected chi connectivity index (χ3v) is 6.41. The van der Waals surface area contributed by atoms with Crippen molar-refractivity contribution in [1.82, 2.24) is 9.80 Å². The zero-order chi connectivity index (χ0) is 22.3. The molecule has 5 nitrogen and oxygen atoms in total. The van der Waals surface area contributed by atoms with Crippen LogP contribution in [0.4, 0.5) is 20.2 Å². The Morgan fingerprint density at radius 3 is 2.35 bits per heavy atom. The van der Waals surface area contributed by atoms with Crippen LogP contribution in [0.3, 0.4) is 0 Å². The highest BCUT2D eigenvalue weighted by Gasteiger charge is 2.39. The lowest BCUT2D eigenvalue weighted by atomic mass is 9.78. The van der Waals surface area contributed by atoms with Crippen molar-refractivity contribution in [2.75, 3.05) is 57.5 Å². The summed E-state index contributed by atoms with van der Waals surface area (Å²) in [5.41, 5.74) is 9.00. The fraction of sp³-hybridized carbons (Fsp3) is 0.458. The largest absolute Gasteiger partial charge is 0.397 e. The molecule has 3 N–H and O–H groups in total. The van der Waals surface area contributed by atoms with Crippen LogP contribution >= 0.6 is 0 Å². The Morgan fingerprint density at radius 1 is 1.06 bits per heavy atom. The van der Waals surface area contributed by atoms with Crippen molar-refractivity contribution in [3.05, 3.63) is 48.3 Å². The number of likely N-dealkylation sites (tertiary alicyclic amines) is 2. The molecule has 2 aromatic rings. The van der Waals surface area contributed by atoms with Crippen LogP contribution in [0.25, 0.3) is 11.1 Å². The molecule has 2 heterocycles. The molecular weight excluding hydrogens is 398 g/mol. The number of hydrogen-bond donors (Lipinski definition) is 2. The maximum absolute atomic E-state index is 12.8. The first-order valence-corrected chi connectivity index (χ1v) is 10.8. The van der Waals surface area contributed by atoms with E-state index in [2.05, 4.69) is 22.2 Å². The number of piperidine rings is 1. The third kappa shape index (κ3) is 6.24. The molecule has 4 rings (SSSR count). The smallest absolute Gasteiger partial charge is 0.211 e. The molecular formula is C24H32F2N4O. The van der Waals surface area contributed by atoms with Gasteiger partial charge in [-0.05, 0) is 86.8 Å². The van der Waals surface area contributed by atoms with Crippen molar-refractivity contribution in [2.45, 2.75) is 19.3 Å². The van der Waals surface area contributed by atoms with Gasteiger partial charge in [-0.2, -0.15) is 0 Å². The molecule has 2 saturated heterocycles. The molecule has 168 valence electrons. The molecule has 1 spiro atoms. The van der Waals surface area contributed by atoms with Gasteiger partial charge in [-0.15, -0.1) is 0 Å². The minimum Gasteiger partial charge on any atom is -0.397 e. The normalized spacial score (nSPS) is 18.4. The highest BCUT2D eigenvalue weighted by Crippen LogP contribution is 2.39. The number of rotatable bonds is 5. The van der Waals surface area contributed by atoms with Crippen molar-refractivity contribution in [3.63, 3.8) is 0 Å². The Bertz CT molecular complexity index is 851. The highest BCUT2D eigenvalue weighted by molar-refractivity contribution is 5.83. The number of halogens is 2. The summed E-state index contributed by atoms with van der Waals surface area (Å²) in [5, 5.41) is 2.52. The van der Waals surface area contributed by atoms with Gasteiger partial charge in [-0.1, -0.05) is 18.2 Å². The highest BCUT2D eigenvalue weighted by atomic mass is 19.1. The summed E-state index contributed by atoms with van der Waals surface area (Å²) < 4.78 is 25.0. The van der Waals surface area contributed by atoms with E-state index in [-0.39, 0.29) is 12.5 Å². The minimum atomic E-state index is -0.282. The third-order valence-electron chi connectivity index (χ3n) is 6.41. The average Bonchev–Trinajstić information content (AvgIpc) is 3.16. The van der Waals surface area contributed by atoms with Gasteiger partial charge in [0.1, 0.15) is 12.5 Å². The Morgan fingerprint density at radius 2 is 1.71 bits per heavy atom. The number of carbonyl (C=O) groups is 1. The van der Waals surface area contributed by atoms with Gasteiger partial charge >= 0.3 is 0 Å². The molecule has 2 aliphatic rings. The number of nitrogens with zero attached hydrogens (tertiary/aromatic N) is 2. The van der Waals surface area contributed by atoms with E-state index < -0.39 is 0 Å². The first-order chi connectivity index (χ1) is 14.9. The van der Waals surface area contributed by atoms with Gasteiger partial charge in [0.05, 0.1) is 11.4 Å². The Kier molecular flexibility index (Phi) is 7.98. The fourth-order valence-electron chi connectivity index (χ4n) is 4.41. The van der Waals surface area contributed by atoms with Gasteiger partial charge in [-0.3, -0.25) is 4.79 Å². The summed E-state index contributed by atoms with van der Waals surface area (Å²) in [6.07, 6.45) is 4.49. The lowest BCUT2D eigenvalue weighted by Gasteiger charge is -2.37. The molecule has 0 radical (unpaired) electrons. The minimum absolute atomic E-state index is 0.185. The van der Waals surface area contributed by atoms with Crippen molar-refractivity contribution in [1.29, 1.82) is 0 Å². The van der Waals surface area contributed by atoms with Gasteiger partial charge in [0.2, 0.25) is 6.41 Å². The average molecular weight is 431 g/mol. The number of anilines is 2. The van der Waals surface area contributed by atoms with Crippen LogP contribution in [0.1, 0.15) is 19.3 Å². The molecule has 0 aromatic heterocycles. The monoisotopic (exact) mass is 430 g/mol. The molecule has 0 aliphatic carbocycles. The van der Waals surface area contributed by atoms with E-state index in [1.165, 1.54) is 44.5 Å². The number of nitrogen functional groups attached to an aromatic ring is 1. The summed E-state index contributed by atoms with van der Waals surface area (Å²) in [4.78, 5) is 15.1. The Hall–Kier alpha value is -2.51. The van der Waals surface area contributed by atoms with Crippen LogP contribution in [0, 0.1) is 11.2 Å². The van der Waals surface area contributed by atoms with Crippen LogP contribution < -0.4 is 11.1 Å². The summed E-state index contributed by atoms with van der Waals surface area (Å²) in [5.74, 6) is -0.282. The van der Waals surface area contributed by atoms with Gasteiger partial charge in [0.25, 0.3) is 0 Å².